The third-order valence-electron chi connectivity index (χ3n) is 8.11. The number of carbonyl (C=O) groups excluding carboxylic acids is 2. The maximum absolute atomic E-state index is 14.8. The van der Waals surface area contributed by atoms with Crippen molar-refractivity contribution in [1.82, 2.24) is 24.8 Å². The Balaban J connectivity index is 1.34. The molecule has 10 nitrogen and oxygen atoms in total. The zero-order chi connectivity index (χ0) is 27.5. The van der Waals surface area contributed by atoms with Gasteiger partial charge in [0.2, 0.25) is 11.9 Å². The lowest BCUT2D eigenvalue weighted by Gasteiger charge is -2.24. The molecule has 0 spiro atoms. The van der Waals surface area contributed by atoms with Crippen molar-refractivity contribution >= 4 is 40.2 Å². The summed E-state index contributed by atoms with van der Waals surface area (Å²) in [6, 6.07) is 2.56. The van der Waals surface area contributed by atoms with Gasteiger partial charge >= 0.3 is 0 Å². The van der Waals surface area contributed by atoms with Crippen LogP contribution in [0.4, 0.5) is 26.2 Å². The number of aryl methyl sites for hydroxylation is 1. The lowest BCUT2D eigenvalue weighted by atomic mass is 10.0. The molecular weight excluding hydrogens is 508 g/mol. The molecule has 0 radical (unpaired) electrons. The third-order valence-corrected chi connectivity index (χ3v) is 8.11. The lowest BCUT2D eigenvalue weighted by Crippen LogP contribution is -2.37. The van der Waals surface area contributed by atoms with Gasteiger partial charge in [-0.1, -0.05) is 0 Å². The number of pyridine rings is 2. The highest BCUT2D eigenvalue weighted by Gasteiger charge is 2.46. The van der Waals surface area contributed by atoms with Gasteiger partial charge < -0.3 is 15.5 Å². The van der Waals surface area contributed by atoms with Crippen LogP contribution in [0.2, 0.25) is 0 Å². The second-order valence-electron chi connectivity index (χ2n) is 10.7. The smallest absolute Gasteiger partial charge is 0.268 e. The molecule has 1 amide bonds. The first-order valence-corrected chi connectivity index (χ1v) is 13.2. The number of hydrogen-bond donors (Lipinski definition) is 2. The van der Waals surface area contributed by atoms with Crippen LogP contribution < -0.4 is 21.1 Å². The van der Waals surface area contributed by atoms with E-state index in [1.165, 1.54) is 13.1 Å². The minimum Gasteiger partial charge on any atom is -0.309 e. The van der Waals surface area contributed by atoms with E-state index in [4.69, 9.17) is 0 Å². The summed E-state index contributed by atoms with van der Waals surface area (Å²) in [5.41, 5.74) is 0.194. The molecule has 0 aromatic carbocycles. The SMILES string of the molecule is CC(=O)c1c(C)c2cnc(Nc3ccc(N4C[C@H]5CC[C@@H](CC4=O)N5)cn3)nc2n([C@@H]2CCCC2(F)F)c1=O. The number of amides is 1. The Hall–Kier alpha value is -3.80. The summed E-state index contributed by atoms with van der Waals surface area (Å²) >= 11 is 0. The maximum Gasteiger partial charge on any atom is 0.268 e. The lowest BCUT2D eigenvalue weighted by molar-refractivity contribution is -0.118. The van der Waals surface area contributed by atoms with Gasteiger partial charge in [0.1, 0.15) is 17.5 Å². The van der Waals surface area contributed by atoms with E-state index < -0.39 is 23.3 Å². The number of halogens is 2. The van der Waals surface area contributed by atoms with Crippen LogP contribution in [0.3, 0.4) is 0 Å². The van der Waals surface area contributed by atoms with Gasteiger partial charge in [-0.3, -0.25) is 19.0 Å². The van der Waals surface area contributed by atoms with E-state index in [0.29, 0.717) is 35.4 Å². The van der Waals surface area contributed by atoms with Crippen LogP contribution in [0.15, 0.2) is 29.3 Å². The number of alkyl halides is 2. The second kappa shape index (κ2) is 9.44. The normalized spacial score (nSPS) is 24.3. The predicted octanol–water partition coefficient (Wildman–Crippen LogP) is 3.66. The van der Waals surface area contributed by atoms with Crippen LogP contribution in [-0.2, 0) is 4.79 Å². The molecule has 0 unspecified atom stereocenters. The fourth-order valence-electron chi connectivity index (χ4n) is 6.16. The molecule has 5 heterocycles. The van der Waals surface area contributed by atoms with E-state index >= 15 is 0 Å². The Bertz CT molecular complexity index is 1540. The van der Waals surface area contributed by atoms with E-state index in [-0.39, 0.29) is 54.4 Å². The summed E-state index contributed by atoms with van der Waals surface area (Å²) in [7, 11) is 0. The van der Waals surface area contributed by atoms with Crippen molar-refractivity contribution in [2.75, 3.05) is 16.8 Å². The topological polar surface area (TPSA) is 122 Å². The van der Waals surface area contributed by atoms with Crippen LogP contribution in [0, 0.1) is 6.92 Å². The van der Waals surface area contributed by atoms with E-state index in [9.17, 15) is 23.2 Å². The van der Waals surface area contributed by atoms with Crippen LogP contribution in [-0.4, -0.2) is 55.8 Å². The van der Waals surface area contributed by atoms with Gasteiger partial charge in [-0.05, 0) is 57.2 Å². The molecule has 3 fully saturated rings. The highest BCUT2D eigenvalue weighted by atomic mass is 19.3. The number of fused-ring (bicyclic) bond motifs is 3. The van der Waals surface area contributed by atoms with Crippen molar-refractivity contribution in [1.29, 1.82) is 0 Å². The fraction of sp³-hybridized carbons (Fsp3) is 0.481. The molecule has 3 aliphatic rings. The molecule has 1 saturated carbocycles. The molecule has 3 atom stereocenters. The van der Waals surface area contributed by atoms with Crippen molar-refractivity contribution in [2.24, 2.45) is 0 Å². The number of aromatic nitrogens is 4. The van der Waals surface area contributed by atoms with Gasteiger partial charge in [0.25, 0.3) is 11.5 Å². The highest BCUT2D eigenvalue weighted by Crippen LogP contribution is 2.44. The summed E-state index contributed by atoms with van der Waals surface area (Å²) < 4.78 is 30.6. The van der Waals surface area contributed by atoms with Gasteiger partial charge in [0, 0.05) is 43.1 Å². The number of nitrogens with one attached hydrogen (secondary N) is 2. The van der Waals surface area contributed by atoms with Crippen molar-refractivity contribution in [3.05, 3.63) is 46.0 Å². The zero-order valence-electron chi connectivity index (χ0n) is 21.7. The average molecular weight is 538 g/mol. The first-order chi connectivity index (χ1) is 18.6. The first-order valence-electron chi connectivity index (χ1n) is 13.2. The van der Waals surface area contributed by atoms with Gasteiger partial charge in [-0.2, -0.15) is 4.98 Å². The Kier molecular flexibility index (Phi) is 6.17. The van der Waals surface area contributed by atoms with Crippen LogP contribution in [0.1, 0.15) is 67.4 Å². The standard InChI is InChI=1S/C27H29F2N7O3/c1-14-19-12-31-26(34-24(19)36(25(39)23(14)15(2)37)20-4-3-9-27(20,28)29)33-21-8-7-18(11-30-21)35-13-17-6-5-16(32-17)10-22(35)38/h7-8,11-12,16-17,20,32H,3-6,9-10,13H2,1-2H3,(H,30,31,33,34)/t16-,17+,20+/m0/s1. The maximum atomic E-state index is 14.8. The van der Waals surface area contributed by atoms with Crippen molar-refractivity contribution in [3.63, 3.8) is 0 Å². The Morgan fingerprint density at radius 3 is 2.62 bits per heavy atom. The van der Waals surface area contributed by atoms with E-state index in [1.807, 2.05) is 0 Å². The number of anilines is 3. The summed E-state index contributed by atoms with van der Waals surface area (Å²) in [4.78, 5) is 53.3. The Morgan fingerprint density at radius 1 is 1.13 bits per heavy atom. The molecule has 6 rings (SSSR count). The summed E-state index contributed by atoms with van der Waals surface area (Å²) in [5.74, 6) is -3.09. The van der Waals surface area contributed by atoms with E-state index in [2.05, 4.69) is 25.6 Å². The largest absolute Gasteiger partial charge is 0.309 e. The molecule has 12 heteroatoms. The monoisotopic (exact) mass is 537 g/mol. The van der Waals surface area contributed by atoms with Gasteiger partial charge in [-0.25, -0.2) is 18.7 Å². The molecule has 1 aliphatic carbocycles. The number of carbonyl (C=O) groups is 2. The zero-order valence-corrected chi connectivity index (χ0v) is 21.7. The van der Waals surface area contributed by atoms with Crippen LogP contribution in [0.25, 0.3) is 11.0 Å². The number of ketones is 1. The summed E-state index contributed by atoms with van der Waals surface area (Å²) in [6.45, 7) is 3.43. The quantitative estimate of drug-likeness (QED) is 0.473. The minimum absolute atomic E-state index is 0.0425. The number of nitrogens with zero attached hydrogens (tertiary/aromatic N) is 5. The fourth-order valence-corrected chi connectivity index (χ4v) is 6.16. The number of Topliss-reactive ketones (excluding diaryl/α,β-unsaturated/α-hetero) is 1. The molecule has 2 bridgehead atoms. The molecule has 39 heavy (non-hydrogen) atoms. The molecule has 2 aliphatic heterocycles. The Labute approximate surface area is 222 Å². The molecule has 204 valence electrons. The molecule has 3 aromatic heterocycles. The van der Waals surface area contributed by atoms with Gasteiger partial charge in [0.15, 0.2) is 5.78 Å². The minimum atomic E-state index is -3.10. The van der Waals surface area contributed by atoms with Crippen LogP contribution >= 0.6 is 0 Å². The summed E-state index contributed by atoms with van der Waals surface area (Å²) in [5, 5.41) is 6.82. The molecule has 2 N–H and O–H groups in total. The predicted molar refractivity (Wildman–Crippen MR) is 141 cm³/mol. The summed E-state index contributed by atoms with van der Waals surface area (Å²) in [6.07, 6.45) is 5.56. The number of rotatable bonds is 5. The average Bonchev–Trinajstić information content (AvgIpc) is 3.42. The van der Waals surface area contributed by atoms with E-state index in [1.54, 1.807) is 30.2 Å². The third kappa shape index (κ3) is 4.46. The molecule has 2 saturated heterocycles. The van der Waals surface area contributed by atoms with Crippen molar-refractivity contribution in [3.8, 4) is 0 Å². The second-order valence-corrected chi connectivity index (χ2v) is 10.7. The van der Waals surface area contributed by atoms with Crippen molar-refractivity contribution in [2.45, 2.75) is 76.4 Å². The van der Waals surface area contributed by atoms with Crippen molar-refractivity contribution < 1.29 is 18.4 Å². The van der Waals surface area contributed by atoms with Gasteiger partial charge in [-0.15, -0.1) is 0 Å². The Morgan fingerprint density at radius 2 is 1.92 bits per heavy atom. The van der Waals surface area contributed by atoms with E-state index in [0.717, 1.165) is 17.4 Å². The van der Waals surface area contributed by atoms with Crippen LogP contribution in [0.5, 0.6) is 0 Å². The molecular formula is C27H29F2N7O3. The van der Waals surface area contributed by atoms with Gasteiger partial charge in [0.05, 0.1) is 17.4 Å². The number of hydrogen-bond acceptors (Lipinski definition) is 8. The first kappa shape index (κ1) is 25.5. The molecule has 3 aromatic rings. The highest BCUT2D eigenvalue weighted by molar-refractivity contribution is 5.99.